The number of imide groups is 1. The lowest BCUT2D eigenvalue weighted by atomic mass is 10.1. The van der Waals surface area contributed by atoms with Gasteiger partial charge in [0, 0.05) is 40.3 Å². The van der Waals surface area contributed by atoms with Gasteiger partial charge < -0.3 is 4.90 Å². The number of piperazine rings is 1. The Morgan fingerprint density at radius 3 is 2.34 bits per heavy atom. The van der Waals surface area contributed by atoms with E-state index < -0.39 is 6.04 Å². The fraction of sp³-hybridized carbons (Fsp3) is 0.500. The highest BCUT2D eigenvalue weighted by Crippen LogP contribution is 2.21. The maximum absolute atomic E-state index is 13.3. The van der Waals surface area contributed by atoms with E-state index in [1.165, 1.54) is 24.1 Å². The summed E-state index contributed by atoms with van der Waals surface area (Å²) in [6.07, 6.45) is 0. The summed E-state index contributed by atoms with van der Waals surface area (Å²) in [6.45, 7) is 4.82. The number of hydrogen-bond acceptors (Lipinski definition) is 5. The first-order valence-corrected chi connectivity index (χ1v) is 9.77. The van der Waals surface area contributed by atoms with Gasteiger partial charge >= 0.3 is 11.9 Å². The molecule has 29 heavy (non-hydrogen) atoms. The minimum atomic E-state index is -0.643. The van der Waals surface area contributed by atoms with E-state index in [2.05, 4.69) is 16.8 Å². The zero-order chi connectivity index (χ0) is 20.7. The standard InChI is InChI=1S/C20H26FN6O2/c1-23-8-10-26(11-9-23)13-16-22-18-17(19(28)25(3)20(29)24(18)2)27(16)12-14-4-6-15(21)7-5-14/h4-7,17H,8-13H2,1-3H3/q+1. The number of amidine groups is 2. The summed E-state index contributed by atoms with van der Waals surface area (Å²) < 4.78 is 15.3. The number of carbonyl (C=O) groups is 2. The summed E-state index contributed by atoms with van der Waals surface area (Å²) in [7, 11) is 5.24. The van der Waals surface area contributed by atoms with Crippen LogP contribution in [-0.4, -0.2) is 108 Å². The molecule has 0 saturated carbocycles. The zero-order valence-corrected chi connectivity index (χ0v) is 17.0. The van der Waals surface area contributed by atoms with Crippen LogP contribution in [-0.2, 0) is 11.3 Å². The van der Waals surface area contributed by atoms with Gasteiger partial charge in [0.15, 0.2) is 0 Å². The summed E-state index contributed by atoms with van der Waals surface area (Å²) >= 11 is 0. The molecule has 154 valence electrons. The second kappa shape index (κ2) is 7.64. The smallest absolute Gasteiger partial charge is 0.304 e. The van der Waals surface area contributed by atoms with Gasteiger partial charge in [0.05, 0.1) is 0 Å². The molecule has 1 unspecified atom stereocenters. The first kappa shape index (κ1) is 19.7. The summed E-state index contributed by atoms with van der Waals surface area (Å²) in [6, 6.07) is 5.23. The number of halogens is 1. The van der Waals surface area contributed by atoms with Crippen LogP contribution < -0.4 is 0 Å². The number of nitrogens with zero attached hydrogens (tertiary/aromatic N) is 6. The Morgan fingerprint density at radius 2 is 1.69 bits per heavy atom. The van der Waals surface area contributed by atoms with Crippen molar-refractivity contribution in [3.63, 3.8) is 0 Å². The van der Waals surface area contributed by atoms with E-state index in [9.17, 15) is 14.0 Å². The molecule has 0 bridgehead atoms. The Balaban J connectivity index is 1.67. The quantitative estimate of drug-likeness (QED) is 0.681. The Morgan fingerprint density at radius 1 is 1.03 bits per heavy atom. The number of amides is 3. The van der Waals surface area contributed by atoms with Crippen molar-refractivity contribution in [1.29, 1.82) is 0 Å². The number of benzene rings is 1. The predicted molar refractivity (Wildman–Crippen MR) is 106 cm³/mol. The normalized spacial score (nSPS) is 23.7. The highest BCUT2D eigenvalue weighted by Gasteiger charge is 2.53. The average molecular weight is 401 g/mol. The van der Waals surface area contributed by atoms with Gasteiger partial charge in [-0.15, -0.1) is 0 Å². The third kappa shape index (κ3) is 3.67. The number of urea groups is 1. The van der Waals surface area contributed by atoms with Crippen molar-refractivity contribution in [1.82, 2.24) is 19.6 Å². The Kier molecular flexibility index (Phi) is 5.18. The van der Waals surface area contributed by atoms with Crippen molar-refractivity contribution < 1.29 is 18.6 Å². The van der Waals surface area contributed by atoms with Crippen LogP contribution in [0.3, 0.4) is 0 Å². The van der Waals surface area contributed by atoms with Crippen LogP contribution in [0.25, 0.3) is 0 Å². The van der Waals surface area contributed by atoms with Crippen LogP contribution >= 0.6 is 0 Å². The third-order valence-electron chi connectivity index (χ3n) is 5.84. The van der Waals surface area contributed by atoms with Crippen molar-refractivity contribution in [3.8, 4) is 0 Å². The van der Waals surface area contributed by atoms with Gasteiger partial charge in [0.1, 0.15) is 18.9 Å². The SMILES string of the molecule is CN1CCN(CC2=[N+](Cc3ccc(F)cc3)C3C(=O)N(C)C(=O)N(C)C3=N2)CC1. The molecular formula is C20H26FN6O2+. The van der Waals surface area contributed by atoms with E-state index in [1.54, 1.807) is 19.2 Å². The van der Waals surface area contributed by atoms with E-state index in [0.29, 0.717) is 18.9 Å². The van der Waals surface area contributed by atoms with Gasteiger partial charge in [0.25, 0.3) is 17.8 Å². The molecule has 3 aliphatic heterocycles. The van der Waals surface area contributed by atoms with E-state index in [0.717, 1.165) is 42.5 Å². The number of carbonyl (C=O) groups excluding carboxylic acids is 2. The van der Waals surface area contributed by atoms with E-state index in [-0.39, 0.29) is 17.8 Å². The second-order valence-corrected chi connectivity index (χ2v) is 7.86. The molecule has 4 rings (SSSR count). The number of likely N-dealkylation sites (N-methyl/N-ethyl adjacent to an activating group) is 3. The van der Waals surface area contributed by atoms with Crippen molar-refractivity contribution in [2.75, 3.05) is 53.9 Å². The van der Waals surface area contributed by atoms with Crippen molar-refractivity contribution in [3.05, 3.63) is 35.6 Å². The molecule has 0 N–H and O–H groups in total. The van der Waals surface area contributed by atoms with E-state index in [4.69, 9.17) is 4.99 Å². The third-order valence-corrected chi connectivity index (χ3v) is 5.84. The molecule has 1 atom stereocenters. The molecular weight excluding hydrogens is 375 g/mol. The van der Waals surface area contributed by atoms with Gasteiger partial charge in [0.2, 0.25) is 0 Å². The van der Waals surface area contributed by atoms with Crippen LogP contribution in [0, 0.1) is 5.82 Å². The first-order valence-electron chi connectivity index (χ1n) is 9.77. The molecule has 9 heteroatoms. The highest BCUT2D eigenvalue weighted by molar-refractivity contribution is 6.23. The maximum Gasteiger partial charge on any atom is 0.333 e. The van der Waals surface area contributed by atoms with Crippen molar-refractivity contribution in [2.24, 2.45) is 4.99 Å². The molecule has 1 aromatic rings. The molecule has 3 amide bonds. The fourth-order valence-electron chi connectivity index (χ4n) is 3.95. The lowest BCUT2D eigenvalue weighted by Gasteiger charge is -2.31. The molecule has 1 aromatic carbocycles. The average Bonchev–Trinajstić information content (AvgIpc) is 3.06. The van der Waals surface area contributed by atoms with Crippen LogP contribution in [0.4, 0.5) is 9.18 Å². The minimum Gasteiger partial charge on any atom is -0.304 e. The molecule has 0 aliphatic carbocycles. The first-order chi connectivity index (χ1) is 13.8. The van der Waals surface area contributed by atoms with Gasteiger partial charge in [-0.2, -0.15) is 0 Å². The predicted octanol–water partition coefficient (Wildman–Crippen LogP) is 0.289. The largest absolute Gasteiger partial charge is 0.333 e. The molecule has 2 saturated heterocycles. The van der Waals surface area contributed by atoms with Crippen LogP contribution in [0.5, 0.6) is 0 Å². The van der Waals surface area contributed by atoms with Gasteiger partial charge in [-0.05, 0) is 29.7 Å². The lowest BCUT2D eigenvalue weighted by Crippen LogP contribution is -2.61. The lowest BCUT2D eigenvalue weighted by molar-refractivity contribution is -0.552. The Bertz CT molecular complexity index is 889. The van der Waals surface area contributed by atoms with Crippen molar-refractivity contribution >= 4 is 23.6 Å². The molecule has 3 aliphatic rings. The van der Waals surface area contributed by atoms with Crippen molar-refractivity contribution in [2.45, 2.75) is 12.6 Å². The Labute approximate surface area is 169 Å². The van der Waals surface area contributed by atoms with E-state index >= 15 is 0 Å². The number of hydrogen-bond donors (Lipinski definition) is 0. The summed E-state index contributed by atoms with van der Waals surface area (Å²) in [5.74, 6) is 0.640. The highest BCUT2D eigenvalue weighted by atomic mass is 19.1. The summed E-state index contributed by atoms with van der Waals surface area (Å²) in [5.41, 5.74) is 0.883. The fourth-order valence-corrected chi connectivity index (χ4v) is 3.95. The maximum atomic E-state index is 13.3. The van der Waals surface area contributed by atoms with Crippen LogP contribution in [0.1, 0.15) is 5.56 Å². The second-order valence-electron chi connectivity index (χ2n) is 7.86. The number of aliphatic imine (C=N–C) groups is 1. The van der Waals surface area contributed by atoms with Gasteiger partial charge in [-0.3, -0.25) is 19.5 Å². The van der Waals surface area contributed by atoms with Crippen LogP contribution in [0.15, 0.2) is 29.3 Å². The number of rotatable bonds is 4. The minimum absolute atomic E-state index is 0.290. The van der Waals surface area contributed by atoms with Crippen LogP contribution in [0.2, 0.25) is 0 Å². The van der Waals surface area contributed by atoms with Gasteiger partial charge in [-0.25, -0.2) is 13.8 Å². The van der Waals surface area contributed by atoms with E-state index in [1.807, 2.05) is 4.58 Å². The molecule has 0 spiro atoms. The zero-order valence-electron chi connectivity index (χ0n) is 17.0. The molecule has 2 fully saturated rings. The molecule has 3 heterocycles. The summed E-state index contributed by atoms with van der Waals surface area (Å²) in [5, 5.41) is 0. The molecule has 8 nitrogen and oxygen atoms in total. The molecule has 0 radical (unpaired) electrons. The number of fused-ring (bicyclic) bond motifs is 1. The summed E-state index contributed by atoms with van der Waals surface area (Å²) in [4.78, 5) is 37.2. The Hall–Kier alpha value is -2.65. The molecule has 0 aromatic heterocycles. The monoisotopic (exact) mass is 401 g/mol. The van der Waals surface area contributed by atoms with Gasteiger partial charge in [-0.1, -0.05) is 12.1 Å². The topological polar surface area (TPSA) is 62.5 Å².